The van der Waals surface area contributed by atoms with Crippen molar-refractivity contribution in [1.29, 1.82) is 0 Å². The number of amides is 2. The summed E-state index contributed by atoms with van der Waals surface area (Å²) in [6, 6.07) is 6.07. The first-order chi connectivity index (χ1) is 9.16. The fourth-order valence-corrected chi connectivity index (χ4v) is 3.16. The zero-order valence-electron chi connectivity index (χ0n) is 9.89. The van der Waals surface area contributed by atoms with Gasteiger partial charge in [0.15, 0.2) is 0 Å². The highest BCUT2D eigenvalue weighted by Gasteiger charge is 2.60. The summed E-state index contributed by atoms with van der Waals surface area (Å²) < 4.78 is 5.56. The number of imide groups is 1. The number of hydrogen-bond donors (Lipinski definition) is 1. The van der Waals surface area contributed by atoms with Crippen LogP contribution in [0.2, 0.25) is 0 Å². The van der Waals surface area contributed by atoms with E-state index in [0.717, 1.165) is 0 Å². The summed E-state index contributed by atoms with van der Waals surface area (Å²) in [4.78, 5) is 26.0. The molecule has 0 aromatic heterocycles. The molecule has 2 saturated heterocycles. The summed E-state index contributed by atoms with van der Waals surface area (Å²) in [5.41, 5.74) is 0.501. The molecule has 5 nitrogen and oxygen atoms in total. The van der Waals surface area contributed by atoms with Gasteiger partial charge < -0.3 is 9.84 Å². The van der Waals surface area contributed by atoms with Gasteiger partial charge in [-0.25, -0.2) is 4.90 Å². The van der Waals surface area contributed by atoms with Gasteiger partial charge in [-0.15, -0.1) is 0 Å². The lowest BCUT2D eigenvalue weighted by Gasteiger charge is -2.17. The van der Waals surface area contributed by atoms with Gasteiger partial charge in [0.25, 0.3) is 0 Å². The van der Waals surface area contributed by atoms with Crippen LogP contribution in [-0.2, 0) is 14.3 Å². The number of phenols is 1. The number of carbonyl (C=O) groups excluding carboxylic acids is 2. The molecule has 0 unspecified atom stereocenters. The molecule has 2 fully saturated rings. The maximum atomic E-state index is 12.4. The maximum absolute atomic E-state index is 12.4. The molecule has 0 saturated carbocycles. The highest BCUT2D eigenvalue weighted by Crippen LogP contribution is 2.46. The van der Waals surface area contributed by atoms with Crippen molar-refractivity contribution < 1.29 is 19.4 Å². The van der Waals surface area contributed by atoms with E-state index in [1.807, 2.05) is 12.2 Å². The van der Waals surface area contributed by atoms with Crippen LogP contribution in [0, 0.1) is 11.8 Å². The van der Waals surface area contributed by atoms with Gasteiger partial charge in [0, 0.05) is 0 Å². The number of rotatable bonds is 1. The average molecular weight is 257 g/mol. The van der Waals surface area contributed by atoms with E-state index in [4.69, 9.17) is 4.74 Å². The minimum absolute atomic E-state index is 0.105. The van der Waals surface area contributed by atoms with Gasteiger partial charge in [0.05, 0.1) is 29.7 Å². The van der Waals surface area contributed by atoms with Crippen LogP contribution in [0.1, 0.15) is 0 Å². The zero-order valence-corrected chi connectivity index (χ0v) is 9.89. The molecule has 96 valence electrons. The number of phenolic OH excluding ortho intramolecular Hbond substituents is 1. The van der Waals surface area contributed by atoms with Crippen molar-refractivity contribution in [2.75, 3.05) is 4.90 Å². The number of hydrogen-bond acceptors (Lipinski definition) is 4. The van der Waals surface area contributed by atoms with Crippen LogP contribution >= 0.6 is 0 Å². The Hall–Kier alpha value is -2.14. The number of carbonyl (C=O) groups is 2. The second-order valence-electron chi connectivity index (χ2n) is 5.03. The first-order valence-corrected chi connectivity index (χ1v) is 6.17. The smallest absolute Gasteiger partial charge is 0.240 e. The SMILES string of the molecule is O=C1[C@@H]2[C@H](C(=O)N1c1ccc(O)cc1)[C@H]1C=C[C@@H]2O1. The van der Waals surface area contributed by atoms with Crippen molar-refractivity contribution in [1.82, 2.24) is 0 Å². The molecular formula is C14H11NO4. The standard InChI is InChI=1S/C14H11NO4/c16-8-3-1-7(2-4-8)15-13(17)11-9-5-6-10(19-9)12(11)14(15)18/h1-6,9-12,16H/t9-,10+,11-,12+. The molecule has 1 aromatic carbocycles. The largest absolute Gasteiger partial charge is 0.508 e. The molecule has 1 aromatic rings. The van der Waals surface area contributed by atoms with Crippen LogP contribution in [0.4, 0.5) is 5.69 Å². The molecule has 2 amide bonds. The van der Waals surface area contributed by atoms with Crippen LogP contribution in [-0.4, -0.2) is 29.1 Å². The van der Waals surface area contributed by atoms with Crippen molar-refractivity contribution in [3.8, 4) is 5.75 Å². The number of anilines is 1. The first kappa shape index (κ1) is 10.8. The fraction of sp³-hybridized carbons (Fsp3) is 0.286. The minimum atomic E-state index is -0.392. The van der Waals surface area contributed by atoms with E-state index >= 15 is 0 Å². The summed E-state index contributed by atoms with van der Waals surface area (Å²) in [6.45, 7) is 0. The fourth-order valence-electron chi connectivity index (χ4n) is 3.16. The Bertz CT molecular complexity index is 576. The van der Waals surface area contributed by atoms with E-state index in [0.29, 0.717) is 5.69 Å². The third-order valence-electron chi connectivity index (χ3n) is 4.02. The molecule has 0 spiro atoms. The Morgan fingerprint density at radius 1 is 0.947 bits per heavy atom. The molecule has 2 bridgehead atoms. The molecule has 3 aliphatic rings. The monoisotopic (exact) mass is 257 g/mol. The van der Waals surface area contributed by atoms with Crippen LogP contribution in [0.5, 0.6) is 5.75 Å². The lowest BCUT2D eigenvalue weighted by atomic mass is 9.85. The van der Waals surface area contributed by atoms with Crippen LogP contribution < -0.4 is 4.90 Å². The van der Waals surface area contributed by atoms with Gasteiger partial charge in [-0.2, -0.15) is 0 Å². The first-order valence-electron chi connectivity index (χ1n) is 6.17. The van der Waals surface area contributed by atoms with Crippen molar-refractivity contribution in [2.24, 2.45) is 11.8 Å². The summed E-state index contributed by atoms with van der Waals surface area (Å²) in [5.74, 6) is -1.10. The number of benzene rings is 1. The lowest BCUT2D eigenvalue weighted by Crippen LogP contribution is -2.34. The normalized spacial score (nSPS) is 35.3. The Morgan fingerprint density at radius 2 is 1.47 bits per heavy atom. The Kier molecular flexibility index (Phi) is 1.95. The van der Waals surface area contributed by atoms with Crippen molar-refractivity contribution >= 4 is 17.5 Å². The van der Waals surface area contributed by atoms with E-state index in [1.54, 1.807) is 12.1 Å². The molecule has 4 atom stereocenters. The summed E-state index contributed by atoms with van der Waals surface area (Å²) in [5, 5.41) is 9.27. The third-order valence-corrected chi connectivity index (χ3v) is 4.02. The van der Waals surface area contributed by atoms with E-state index in [9.17, 15) is 14.7 Å². The van der Waals surface area contributed by atoms with Crippen LogP contribution in [0.15, 0.2) is 36.4 Å². The van der Waals surface area contributed by atoms with Crippen LogP contribution in [0.3, 0.4) is 0 Å². The third kappa shape index (κ3) is 1.28. The average Bonchev–Trinajstić information content (AvgIpc) is 3.06. The van der Waals surface area contributed by atoms with Crippen molar-refractivity contribution in [2.45, 2.75) is 12.2 Å². The Balaban J connectivity index is 1.74. The van der Waals surface area contributed by atoms with E-state index in [2.05, 4.69) is 0 Å². The van der Waals surface area contributed by atoms with Gasteiger partial charge in [-0.1, -0.05) is 12.2 Å². The van der Waals surface area contributed by atoms with Crippen molar-refractivity contribution in [3.63, 3.8) is 0 Å². The van der Waals surface area contributed by atoms with E-state index in [-0.39, 0.29) is 29.8 Å². The highest BCUT2D eigenvalue weighted by molar-refractivity contribution is 6.23. The molecule has 3 heterocycles. The lowest BCUT2D eigenvalue weighted by molar-refractivity contribution is -0.124. The van der Waals surface area contributed by atoms with Gasteiger partial charge in [0.1, 0.15) is 5.75 Å². The molecule has 3 aliphatic heterocycles. The van der Waals surface area contributed by atoms with Gasteiger partial charge in [-0.05, 0) is 24.3 Å². The van der Waals surface area contributed by atoms with Crippen LogP contribution in [0.25, 0.3) is 0 Å². The Morgan fingerprint density at radius 3 is 2.00 bits per heavy atom. The molecule has 1 N–H and O–H groups in total. The number of aromatic hydroxyl groups is 1. The quantitative estimate of drug-likeness (QED) is 0.598. The second kappa shape index (κ2) is 3.45. The van der Waals surface area contributed by atoms with Gasteiger partial charge in [-0.3, -0.25) is 9.59 Å². The molecule has 5 heteroatoms. The zero-order chi connectivity index (χ0) is 13.1. The molecule has 0 aliphatic carbocycles. The van der Waals surface area contributed by atoms with Gasteiger partial charge >= 0.3 is 0 Å². The molecular weight excluding hydrogens is 246 g/mol. The number of ether oxygens (including phenoxy) is 1. The molecule has 19 heavy (non-hydrogen) atoms. The van der Waals surface area contributed by atoms with E-state index < -0.39 is 11.8 Å². The van der Waals surface area contributed by atoms with Gasteiger partial charge in [0.2, 0.25) is 11.8 Å². The van der Waals surface area contributed by atoms with E-state index in [1.165, 1.54) is 17.0 Å². The predicted molar refractivity (Wildman–Crippen MR) is 65.4 cm³/mol. The summed E-state index contributed by atoms with van der Waals surface area (Å²) >= 11 is 0. The molecule has 0 radical (unpaired) electrons. The topological polar surface area (TPSA) is 66.8 Å². The number of fused-ring (bicyclic) bond motifs is 5. The predicted octanol–water partition coefficient (Wildman–Crippen LogP) is 0.835. The molecule has 4 rings (SSSR count). The number of nitrogens with zero attached hydrogens (tertiary/aromatic N) is 1. The second-order valence-corrected chi connectivity index (χ2v) is 5.03. The Labute approximate surface area is 109 Å². The maximum Gasteiger partial charge on any atom is 0.240 e. The minimum Gasteiger partial charge on any atom is -0.508 e. The highest BCUT2D eigenvalue weighted by atomic mass is 16.5. The summed E-state index contributed by atoms with van der Waals surface area (Å²) in [6.07, 6.45) is 3.18. The summed E-state index contributed by atoms with van der Waals surface area (Å²) in [7, 11) is 0. The van der Waals surface area contributed by atoms with Crippen molar-refractivity contribution in [3.05, 3.63) is 36.4 Å².